The first kappa shape index (κ1) is 19.0. The number of ether oxygens (including phenoxy) is 1. The molecule has 3 aromatic rings. The van der Waals surface area contributed by atoms with Gasteiger partial charge < -0.3 is 20.4 Å². The maximum absolute atomic E-state index is 13.2. The minimum absolute atomic E-state index is 0.230. The summed E-state index contributed by atoms with van der Waals surface area (Å²) in [5.41, 5.74) is 8.06. The smallest absolute Gasteiger partial charge is 0.271 e. The van der Waals surface area contributed by atoms with Gasteiger partial charge in [-0.3, -0.25) is 14.5 Å². The summed E-state index contributed by atoms with van der Waals surface area (Å²) >= 11 is 0. The third-order valence-corrected chi connectivity index (χ3v) is 5.38. The van der Waals surface area contributed by atoms with Crippen molar-refractivity contribution in [2.45, 2.75) is 12.6 Å². The van der Waals surface area contributed by atoms with Crippen LogP contribution in [0.1, 0.15) is 16.1 Å². The van der Waals surface area contributed by atoms with E-state index in [2.05, 4.69) is 22.0 Å². The fourth-order valence-electron chi connectivity index (χ4n) is 3.89. The molecule has 150 valence electrons. The molecule has 1 fully saturated rings. The summed E-state index contributed by atoms with van der Waals surface area (Å²) in [4.78, 5) is 32.2. The molecular weight excluding hydrogens is 368 g/mol. The first-order chi connectivity index (χ1) is 14.1. The molecule has 1 aromatic heterocycles. The highest BCUT2D eigenvalue weighted by atomic mass is 16.5. The Morgan fingerprint density at radius 2 is 1.93 bits per heavy atom. The monoisotopic (exact) mass is 392 g/mol. The van der Waals surface area contributed by atoms with E-state index < -0.39 is 11.9 Å². The number of benzene rings is 2. The van der Waals surface area contributed by atoms with Crippen LogP contribution in [0.3, 0.4) is 0 Å². The van der Waals surface area contributed by atoms with Crippen LogP contribution in [0.2, 0.25) is 0 Å². The molecule has 7 heteroatoms. The lowest BCUT2D eigenvalue weighted by Gasteiger charge is -2.39. The molecule has 29 heavy (non-hydrogen) atoms. The van der Waals surface area contributed by atoms with Crippen LogP contribution in [-0.4, -0.2) is 59.4 Å². The highest BCUT2D eigenvalue weighted by Gasteiger charge is 2.35. The van der Waals surface area contributed by atoms with E-state index in [1.165, 1.54) is 5.56 Å². The van der Waals surface area contributed by atoms with Gasteiger partial charge in [0.2, 0.25) is 5.91 Å². The van der Waals surface area contributed by atoms with Gasteiger partial charge in [-0.25, -0.2) is 0 Å². The highest BCUT2D eigenvalue weighted by molar-refractivity contribution is 6.01. The third-order valence-electron chi connectivity index (χ3n) is 5.38. The van der Waals surface area contributed by atoms with Crippen molar-refractivity contribution in [3.05, 3.63) is 65.9 Å². The Balaban J connectivity index is 1.54. The Morgan fingerprint density at radius 3 is 2.66 bits per heavy atom. The molecule has 0 saturated carbocycles. The van der Waals surface area contributed by atoms with Gasteiger partial charge in [0, 0.05) is 37.1 Å². The van der Waals surface area contributed by atoms with Gasteiger partial charge in [0.1, 0.15) is 17.5 Å². The average Bonchev–Trinajstić information content (AvgIpc) is 3.18. The number of carbonyl (C=O) groups excluding carboxylic acids is 2. The molecule has 1 aliphatic heterocycles. The summed E-state index contributed by atoms with van der Waals surface area (Å²) in [6, 6.07) is 16.7. The standard InChI is InChI=1S/C22H24N4O3/c1-29-20-9-5-8-17-16(20)12-18(24-17)22(28)26-11-10-25(14-19(26)21(23)27)13-15-6-3-2-4-7-15/h2-9,12,19,24H,10-11,13-14H2,1H3,(H2,23,27). The van der Waals surface area contributed by atoms with E-state index in [0.717, 1.165) is 17.4 Å². The summed E-state index contributed by atoms with van der Waals surface area (Å²) in [5, 5.41) is 0.830. The van der Waals surface area contributed by atoms with Crippen molar-refractivity contribution >= 4 is 22.7 Å². The number of rotatable bonds is 5. The van der Waals surface area contributed by atoms with Crippen LogP contribution in [-0.2, 0) is 11.3 Å². The number of primary amides is 1. The Kier molecular flexibility index (Phi) is 5.22. The summed E-state index contributed by atoms with van der Waals surface area (Å²) in [5.74, 6) is -0.0341. The van der Waals surface area contributed by atoms with Gasteiger partial charge in [-0.15, -0.1) is 0 Å². The van der Waals surface area contributed by atoms with Crippen LogP contribution < -0.4 is 10.5 Å². The van der Waals surface area contributed by atoms with Crippen LogP contribution in [0.4, 0.5) is 0 Å². The van der Waals surface area contributed by atoms with Crippen LogP contribution in [0.5, 0.6) is 5.75 Å². The number of H-pyrrole nitrogens is 1. The number of hydrogen-bond donors (Lipinski definition) is 2. The number of aromatic nitrogens is 1. The Morgan fingerprint density at radius 1 is 1.14 bits per heavy atom. The zero-order valence-electron chi connectivity index (χ0n) is 16.3. The van der Waals surface area contributed by atoms with Crippen LogP contribution in [0, 0.1) is 0 Å². The maximum atomic E-state index is 13.2. The molecule has 1 saturated heterocycles. The lowest BCUT2D eigenvalue weighted by molar-refractivity contribution is -0.124. The lowest BCUT2D eigenvalue weighted by atomic mass is 10.1. The number of fused-ring (bicyclic) bond motifs is 1. The number of carbonyl (C=O) groups is 2. The van der Waals surface area contributed by atoms with E-state index >= 15 is 0 Å². The van der Waals surface area contributed by atoms with Crippen molar-refractivity contribution in [2.75, 3.05) is 26.7 Å². The number of methoxy groups -OCH3 is 1. The molecule has 7 nitrogen and oxygen atoms in total. The fraction of sp³-hybridized carbons (Fsp3) is 0.273. The lowest BCUT2D eigenvalue weighted by Crippen LogP contribution is -2.59. The van der Waals surface area contributed by atoms with Crippen molar-refractivity contribution in [2.24, 2.45) is 5.73 Å². The Hall–Kier alpha value is -3.32. The zero-order chi connectivity index (χ0) is 20.4. The highest BCUT2D eigenvalue weighted by Crippen LogP contribution is 2.27. The van der Waals surface area contributed by atoms with Gasteiger partial charge in [0.25, 0.3) is 5.91 Å². The predicted octanol–water partition coefficient (Wildman–Crippen LogP) is 1.99. The molecule has 4 rings (SSSR count). The largest absolute Gasteiger partial charge is 0.496 e. The zero-order valence-corrected chi connectivity index (χ0v) is 16.3. The number of amides is 2. The van der Waals surface area contributed by atoms with E-state index in [1.807, 2.05) is 36.4 Å². The molecule has 2 amide bonds. The second-order valence-electron chi connectivity index (χ2n) is 7.24. The SMILES string of the molecule is COc1cccc2[nH]c(C(=O)N3CCN(Cc4ccccc4)CC3C(N)=O)cc12. The van der Waals surface area contributed by atoms with Crippen LogP contribution in [0.25, 0.3) is 10.9 Å². The number of nitrogens with zero attached hydrogens (tertiary/aromatic N) is 2. The second-order valence-corrected chi connectivity index (χ2v) is 7.24. The first-order valence-corrected chi connectivity index (χ1v) is 9.59. The quantitative estimate of drug-likeness (QED) is 0.695. The van der Waals surface area contributed by atoms with Gasteiger partial charge in [-0.05, 0) is 23.8 Å². The number of aromatic amines is 1. The molecule has 1 atom stereocenters. The van der Waals surface area contributed by atoms with Crippen molar-refractivity contribution in [1.29, 1.82) is 0 Å². The molecule has 1 aliphatic rings. The molecule has 1 unspecified atom stereocenters. The van der Waals surface area contributed by atoms with E-state index in [4.69, 9.17) is 10.5 Å². The van der Waals surface area contributed by atoms with Crippen molar-refractivity contribution in [3.63, 3.8) is 0 Å². The Bertz CT molecular complexity index is 1030. The van der Waals surface area contributed by atoms with E-state index in [9.17, 15) is 9.59 Å². The van der Waals surface area contributed by atoms with Gasteiger partial charge >= 0.3 is 0 Å². The van der Waals surface area contributed by atoms with E-state index in [1.54, 1.807) is 18.1 Å². The van der Waals surface area contributed by atoms with Gasteiger partial charge in [0.05, 0.1) is 7.11 Å². The first-order valence-electron chi connectivity index (χ1n) is 9.59. The van der Waals surface area contributed by atoms with Crippen molar-refractivity contribution in [1.82, 2.24) is 14.8 Å². The molecule has 0 spiro atoms. The summed E-state index contributed by atoms with van der Waals surface area (Å²) < 4.78 is 5.37. The molecule has 0 aliphatic carbocycles. The predicted molar refractivity (Wildman–Crippen MR) is 111 cm³/mol. The van der Waals surface area contributed by atoms with Crippen molar-refractivity contribution < 1.29 is 14.3 Å². The van der Waals surface area contributed by atoms with Crippen LogP contribution >= 0.6 is 0 Å². The fourth-order valence-corrected chi connectivity index (χ4v) is 3.89. The van der Waals surface area contributed by atoms with E-state index in [0.29, 0.717) is 31.1 Å². The maximum Gasteiger partial charge on any atom is 0.271 e. The second kappa shape index (κ2) is 7.97. The number of nitrogens with one attached hydrogen (secondary N) is 1. The number of nitrogens with two attached hydrogens (primary N) is 1. The molecule has 0 radical (unpaired) electrons. The number of piperazine rings is 1. The molecule has 3 N–H and O–H groups in total. The topological polar surface area (TPSA) is 91.7 Å². The van der Waals surface area contributed by atoms with E-state index in [-0.39, 0.29) is 5.91 Å². The van der Waals surface area contributed by atoms with Gasteiger partial charge in [0.15, 0.2) is 0 Å². The molecular formula is C22H24N4O3. The Labute approximate surface area is 169 Å². The average molecular weight is 392 g/mol. The normalized spacial score (nSPS) is 17.4. The summed E-state index contributed by atoms with van der Waals surface area (Å²) in [6.07, 6.45) is 0. The van der Waals surface area contributed by atoms with Gasteiger partial charge in [-0.1, -0.05) is 36.4 Å². The minimum Gasteiger partial charge on any atom is -0.496 e. The minimum atomic E-state index is -0.673. The number of hydrogen-bond acceptors (Lipinski definition) is 4. The molecule has 2 heterocycles. The molecule has 2 aromatic carbocycles. The summed E-state index contributed by atoms with van der Waals surface area (Å²) in [6.45, 7) is 2.25. The third kappa shape index (κ3) is 3.82. The summed E-state index contributed by atoms with van der Waals surface area (Å²) in [7, 11) is 1.60. The van der Waals surface area contributed by atoms with Crippen molar-refractivity contribution in [3.8, 4) is 5.75 Å². The molecule has 0 bridgehead atoms. The van der Waals surface area contributed by atoms with Gasteiger partial charge in [-0.2, -0.15) is 0 Å². The van der Waals surface area contributed by atoms with Crippen LogP contribution in [0.15, 0.2) is 54.6 Å².